The molecule has 0 aliphatic carbocycles. The Morgan fingerprint density at radius 2 is 1.86 bits per heavy atom. The van der Waals surface area contributed by atoms with Gasteiger partial charge in [-0.25, -0.2) is 5.54 Å². The average molecular weight is 195 g/mol. The highest BCUT2D eigenvalue weighted by Gasteiger charge is 2.06. The van der Waals surface area contributed by atoms with Gasteiger partial charge in [0.05, 0.1) is 16.5 Å². The fraction of sp³-hybridized carbons (Fsp3) is 0. The van der Waals surface area contributed by atoms with E-state index in [1.165, 1.54) is 23.7 Å². The molecule has 0 fully saturated rings. The van der Waals surface area contributed by atoms with Crippen molar-refractivity contribution in [2.45, 2.75) is 0 Å². The Kier molecular flexibility index (Phi) is 1.81. The molecule has 0 bridgehead atoms. The van der Waals surface area contributed by atoms with Crippen molar-refractivity contribution in [3.8, 4) is 0 Å². The Labute approximate surface area is 76.5 Å². The fourth-order valence-corrected chi connectivity index (χ4v) is 1.31. The van der Waals surface area contributed by atoms with E-state index in [9.17, 15) is 14.1 Å². The van der Waals surface area contributed by atoms with Crippen LogP contribution in [0.5, 0.6) is 0 Å². The maximum atomic E-state index is 12.3. The lowest BCUT2D eigenvalue weighted by atomic mass is 10.1. The normalized spacial score (nSPS) is 10.4. The molecule has 1 heterocycles. The number of anilines is 1. The fourth-order valence-electron chi connectivity index (χ4n) is 1.31. The van der Waals surface area contributed by atoms with E-state index in [-0.39, 0.29) is 16.5 Å². The number of hydrogen-bond acceptors (Lipinski definition) is 3. The number of aromatic nitrogens is 2. The van der Waals surface area contributed by atoms with Crippen LogP contribution in [0.3, 0.4) is 0 Å². The van der Waals surface area contributed by atoms with Gasteiger partial charge < -0.3 is 0 Å². The van der Waals surface area contributed by atoms with Crippen molar-refractivity contribution in [2.24, 2.45) is 0 Å². The van der Waals surface area contributed by atoms with Crippen molar-refractivity contribution in [1.82, 2.24) is 10.2 Å². The van der Waals surface area contributed by atoms with Crippen LogP contribution in [-0.4, -0.2) is 10.2 Å². The van der Waals surface area contributed by atoms with Crippen molar-refractivity contribution < 1.29 is 4.48 Å². The first-order valence-corrected chi connectivity index (χ1v) is 3.84. The number of H-pyrrole nitrogens is 2. The lowest BCUT2D eigenvalue weighted by molar-refractivity contribution is 0.619. The Hall–Kier alpha value is -2.11. The highest BCUT2D eigenvalue weighted by molar-refractivity contribution is 5.91. The van der Waals surface area contributed by atoms with Crippen LogP contribution in [0.25, 0.3) is 10.8 Å². The Morgan fingerprint density at radius 3 is 2.57 bits per heavy atom. The molecule has 6 heteroatoms. The summed E-state index contributed by atoms with van der Waals surface area (Å²) in [6.45, 7) is 0. The molecule has 0 saturated carbocycles. The van der Waals surface area contributed by atoms with Crippen LogP contribution in [0.1, 0.15) is 0 Å². The van der Waals surface area contributed by atoms with E-state index >= 15 is 0 Å². The topological polar surface area (TPSA) is 77.8 Å². The van der Waals surface area contributed by atoms with Crippen molar-refractivity contribution in [2.75, 3.05) is 5.54 Å². The minimum Gasteiger partial charge on any atom is -0.267 e. The molecule has 3 N–H and O–H groups in total. The highest BCUT2D eigenvalue weighted by Crippen LogP contribution is 2.16. The predicted molar refractivity (Wildman–Crippen MR) is 49.9 cm³/mol. The molecule has 0 spiro atoms. The minimum absolute atomic E-state index is 0.0127. The van der Waals surface area contributed by atoms with Gasteiger partial charge in [-0.05, 0) is 12.1 Å². The zero-order valence-electron chi connectivity index (χ0n) is 6.93. The van der Waals surface area contributed by atoms with E-state index in [0.717, 1.165) is 0 Å². The molecular formula is C8H6FN3O2. The monoisotopic (exact) mass is 195 g/mol. The van der Waals surface area contributed by atoms with Gasteiger partial charge in [-0.15, -0.1) is 4.48 Å². The van der Waals surface area contributed by atoms with E-state index in [2.05, 4.69) is 10.2 Å². The molecule has 72 valence electrons. The molecule has 0 amide bonds. The summed E-state index contributed by atoms with van der Waals surface area (Å²) in [5.74, 6) is 0. The zero-order chi connectivity index (χ0) is 10.1. The van der Waals surface area contributed by atoms with Crippen LogP contribution in [0.2, 0.25) is 0 Å². The van der Waals surface area contributed by atoms with Crippen molar-refractivity contribution in [1.29, 1.82) is 0 Å². The summed E-state index contributed by atoms with van der Waals surface area (Å²) < 4.78 is 12.3. The number of nitrogens with one attached hydrogen (secondary N) is 3. The van der Waals surface area contributed by atoms with Gasteiger partial charge in [0, 0.05) is 0 Å². The smallest absolute Gasteiger partial charge is 0.267 e. The maximum absolute atomic E-state index is 12.3. The first-order valence-electron chi connectivity index (χ1n) is 3.84. The molecule has 2 rings (SSSR count). The van der Waals surface area contributed by atoms with Gasteiger partial charge in [0.1, 0.15) is 0 Å². The third kappa shape index (κ3) is 1.08. The van der Waals surface area contributed by atoms with E-state index in [4.69, 9.17) is 0 Å². The Balaban J connectivity index is 3.07. The van der Waals surface area contributed by atoms with Gasteiger partial charge in [-0.2, -0.15) is 0 Å². The summed E-state index contributed by atoms with van der Waals surface area (Å²) >= 11 is 0. The largest absolute Gasteiger partial charge is 0.272 e. The maximum Gasteiger partial charge on any atom is 0.272 e. The molecule has 5 nitrogen and oxygen atoms in total. The van der Waals surface area contributed by atoms with E-state index in [0.29, 0.717) is 0 Å². The lowest BCUT2D eigenvalue weighted by Gasteiger charge is -2.00. The second-order valence-corrected chi connectivity index (χ2v) is 2.73. The highest BCUT2D eigenvalue weighted by atomic mass is 19.2. The van der Waals surface area contributed by atoms with Gasteiger partial charge in [0.15, 0.2) is 0 Å². The molecule has 1 aromatic carbocycles. The second kappa shape index (κ2) is 2.99. The summed E-state index contributed by atoms with van der Waals surface area (Å²) in [5.41, 5.74) is 0.344. The first kappa shape index (κ1) is 8.49. The minimum atomic E-state index is -0.541. The van der Waals surface area contributed by atoms with Gasteiger partial charge in [-0.3, -0.25) is 19.8 Å². The molecule has 0 aliphatic heterocycles. The van der Waals surface area contributed by atoms with E-state index in [1.807, 2.05) is 0 Å². The van der Waals surface area contributed by atoms with Crippen LogP contribution < -0.4 is 16.7 Å². The van der Waals surface area contributed by atoms with E-state index < -0.39 is 11.1 Å². The third-order valence-electron chi connectivity index (χ3n) is 1.93. The quantitative estimate of drug-likeness (QED) is 0.580. The van der Waals surface area contributed by atoms with Crippen LogP contribution >= 0.6 is 0 Å². The standard InChI is InChI=1S/C8H6FN3O2/c9-10-5-3-1-2-4-6(5)8(14)12-11-7(4)13/h1-3,10H,(H,11,13)(H,12,14). The molecular weight excluding hydrogens is 189 g/mol. The van der Waals surface area contributed by atoms with Crippen LogP contribution in [0.15, 0.2) is 27.8 Å². The molecule has 1 aromatic heterocycles. The van der Waals surface area contributed by atoms with Gasteiger partial charge in [-0.1, -0.05) is 6.07 Å². The van der Waals surface area contributed by atoms with Gasteiger partial charge in [0.25, 0.3) is 11.1 Å². The number of benzene rings is 1. The molecule has 0 unspecified atom stereocenters. The molecule has 0 aliphatic rings. The van der Waals surface area contributed by atoms with Crippen LogP contribution in [0.4, 0.5) is 10.2 Å². The lowest BCUT2D eigenvalue weighted by Crippen LogP contribution is -2.19. The van der Waals surface area contributed by atoms with Crippen molar-refractivity contribution >= 4 is 16.5 Å². The summed E-state index contributed by atoms with van der Waals surface area (Å²) in [6.07, 6.45) is 0. The first-order chi connectivity index (χ1) is 6.74. The molecule has 2 aromatic rings. The summed E-state index contributed by atoms with van der Waals surface area (Å²) in [5, 5.41) is 4.43. The predicted octanol–water partition coefficient (Wildman–Crippen LogP) is 0.513. The van der Waals surface area contributed by atoms with Crippen molar-refractivity contribution in [3.05, 3.63) is 38.9 Å². The number of hydrogen-bond donors (Lipinski definition) is 3. The molecule has 0 saturated heterocycles. The zero-order valence-corrected chi connectivity index (χ0v) is 6.93. The number of aromatic amines is 2. The SMILES string of the molecule is O=c1[nH][nH]c(=O)c2c(NF)cccc12. The summed E-state index contributed by atoms with van der Waals surface area (Å²) in [6, 6.07) is 4.31. The average Bonchev–Trinajstić information content (AvgIpc) is 2.23. The second-order valence-electron chi connectivity index (χ2n) is 2.73. The molecule has 0 atom stereocenters. The number of fused-ring (bicyclic) bond motifs is 1. The third-order valence-corrected chi connectivity index (χ3v) is 1.93. The molecule has 0 radical (unpaired) electrons. The van der Waals surface area contributed by atoms with Crippen LogP contribution in [0, 0.1) is 0 Å². The molecule has 14 heavy (non-hydrogen) atoms. The van der Waals surface area contributed by atoms with Gasteiger partial charge >= 0.3 is 0 Å². The number of rotatable bonds is 1. The van der Waals surface area contributed by atoms with E-state index in [1.54, 1.807) is 0 Å². The van der Waals surface area contributed by atoms with Crippen molar-refractivity contribution in [3.63, 3.8) is 0 Å². The van der Waals surface area contributed by atoms with Crippen LogP contribution in [-0.2, 0) is 0 Å². The Bertz CT molecular complexity index is 587. The van der Waals surface area contributed by atoms with Gasteiger partial charge in [0.2, 0.25) is 0 Å². The summed E-state index contributed by atoms with van der Waals surface area (Å²) in [4.78, 5) is 22.5. The number of halogens is 1. The summed E-state index contributed by atoms with van der Waals surface area (Å²) in [7, 11) is 0. The Morgan fingerprint density at radius 1 is 1.14 bits per heavy atom.